The number of rotatable bonds is 6. The van der Waals surface area contributed by atoms with Gasteiger partial charge in [-0.15, -0.1) is 11.8 Å². The molecular formula is C16H14Cl2N2O3S. The van der Waals surface area contributed by atoms with Gasteiger partial charge in [-0.1, -0.05) is 41.4 Å². The normalized spacial score (nSPS) is 11.8. The van der Waals surface area contributed by atoms with Crippen LogP contribution in [0.15, 0.2) is 42.5 Å². The van der Waals surface area contributed by atoms with Crippen LogP contribution < -0.4 is 5.32 Å². The van der Waals surface area contributed by atoms with E-state index in [1.165, 1.54) is 23.9 Å². The van der Waals surface area contributed by atoms with Gasteiger partial charge in [0.2, 0.25) is 5.91 Å². The lowest BCUT2D eigenvalue weighted by molar-refractivity contribution is -0.384. The van der Waals surface area contributed by atoms with Crippen LogP contribution in [-0.2, 0) is 4.79 Å². The molecule has 2 rings (SSSR count). The van der Waals surface area contributed by atoms with Gasteiger partial charge in [-0.05, 0) is 24.6 Å². The van der Waals surface area contributed by atoms with Crippen LogP contribution in [0.4, 0.5) is 11.4 Å². The third-order valence-corrected chi connectivity index (χ3v) is 5.07. The van der Waals surface area contributed by atoms with Gasteiger partial charge in [-0.3, -0.25) is 14.9 Å². The lowest BCUT2D eigenvalue weighted by atomic mass is 10.1. The lowest BCUT2D eigenvalue weighted by Gasteiger charge is -2.13. The number of halogens is 2. The summed E-state index contributed by atoms with van der Waals surface area (Å²) in [6, 6.07) is 11.4. The minimum absolute atomic E-state index is 0.0345. The zero-order chi connectivity index (χ0) is 17.7. The summed E-state index contributed by atoms with van der Waals surface area (Å²) in [6.45, 7) is 1.89. The Bertz CT molecular complexity index is 750. The molecule has 0 aliphatic carbocycles. The van der Waals surface area contributed by atoms with Crippen molar-refractivity contribution in [3.8, 4) is 0 Å². The first-order chi connectivity index (χ1) is 11.4. The molecule has 0 saturated carbocycles. The Kier molecular flexibility index (Phi) is 6.48. The number of benzene rings is 2. The van der Waals surface area contributed by atoms with Crippen molar-refractivity contribution in [2.24, 2.45) is 0 Å². The average molecular weight is 385 g/mol. The van der Waals surface area contributed by atoms with Crippen molar-refractivity contribution >= 4 is 52.2 Å². The summed E-state index contributed by atoms with van der Waals surface area (Å²) in [5.74, 6) is -0.0712. The number of carbonyl (C=O) groups is 1. The predicted molar refractivity (Wildman–Crippen MR) is 99.1 cm³/mol. The molecule has 126 valence electrons. The van der Waals surface area contributed by atoms with E-state index in [-0.39, 0.29) is 22.6 Å². The number of amides is 1. The fourth-order valence-corrected chi connectivity index (χ4v) is 3.29. The second-order valence-corrected chi connectivity index (χ2v) is 7.09. The number of nitrogens with zero attached hydrogens (tertiary/aromatic N) is 1. The Hall–Kier alpha value is -1.76. The summed E-state index contributed by atoms with van der Waals surface area (Å²) in [4.78, 5) is 22.5. The molecule has 2 aromatic carbocycles. The third kappa shape index (κ3) is 4.87. The van der Waals surface area contributed by atoms with Crippen LogP contribution in [-0.4, -0.2) is 16.6 Å². The molecule has 24 heavy (non-hydrogen) atoms. The maximum Gasteiger partial charge on any atom is 0.269 e. The molecule has 2 aromatic rings. The molecule has 0 radical (unpaired) electrons. The van der Waals surface area contributed by atoms with Crippen LogP contribution >= 0.6 is 35.0 Å². The zero-order valence-corrected chi connectivity index (χ0v) is 15.0. The van der Waals surface area contributed by atoms with Crippen molar-refractivity contribution < 1.29 is 9.72 Å². The van der Waals surface area contributed by atoms with Gasteiger partial charge >= 0.3 is 0 Å². The van der Waals surface area contributed by atoms with Crippen LogP contribution in [0.3, 0.4) is 0 Å². The van der Waals surface area contributed by atoms with E-state index in [1.807, 2.05) is 6.92 Å². The van der Waals surface area contributed by atoms with Crippen LogP contribution in [0, 0.1) is 10.1 Å². The van der Waals surface area contributed by atoms with Crippen molar-refractivity contribution in [3.63, 3.8) is 0 Å². The Morgan fingerprint density at radius 3 is 2.50 bits per heavy atom. The number of nitro groups is 1. The molecule has 0 heterocycles. The molecule has 8 heteroatoms. The second-order valence-electron chi connectivity index (χ2n) is 4.95. The van der Waals surface area contributed by atoms with Crippen LogP contribution in [0.5, 0.6) is 0 Å². The predicted octanol–water partition coefficient (Wildman–Crippen LogP) is 5.33. The Morgan fingerprint density at radius 1 is 1.25 bits per heavy atom. The maximum absolute atomic E-state index is 12.1. The lowest BCUT2D eigenvalue weighted by Crippen LogP contribution is -2.15. The monoisotopic (exact) mass is 384 g/mol. The molecule has 5 nitrogen and oxygen atoms in total. The summed E-state index contributed by atoms with van der Waals surface area (Å²) in [5.41, 5.74) is 1.21. The molecule has 1 amide bonds. The van der Waals surface area contributed by atoms with Gasteiger partial charge in [0, 0.05) is 17.4 Å². The zero-order valence-electron chi connectivity index (χ0n) is 12.7. The highest BCUT2D eigenvalue weighted by Crippen LogP contribution is 2.32. The minimum Gasteiger partial charge on any atom is -0.323 e. The Labute approximate surface area is 153 Å². The smallest absolute Gasteiger partial charge is 0.269 e. The van der Waals surface area contributed by atoms with E-state index >= 15 is 0 Å². The number of carbonyl (C=O) groups excluding carboxylic acids is 1. The Morgan fingerprint density at radius 2 is 1.88 bits per heavy atom. The van der Waals surface area contributed by atoms with Crippen LogP contribution in [0.25, 0.3) is 0 Å². The van der Waals surface area contributed by atoms with Crippen molar-refractivity contribution in [2.75, 3.05) is 11.1 Å². The molecule has 0 aromatic heterocycles. The molecule has 0 bridgehead atoms. The first-order valence-electron chi connectivity index (χ1n) is 6.98. The fraction of sp³-hybridized carbons (Fsp3) is 0.188. The molecule has 1 N–H and O–H groups in total. The number of anilines is 1. The molecule has 1 atom stereocenters. The SMILES string of the molecule is C[C@@H](SCC(=O)Nc1c(Cl)cccc1Cl)c1cccc([N+](=O)[O-])c1. The maximum atomic E-state index is 12.1. The molecule has 0 saturated heterocycles. The number of hydrogen-bond donors (Lipinski definition) is 1. The molecule has 0 aliphatic heterocycles. The van der Waals surface area contributed by atoms with Gasteiger partial charge in [0.05, 0.1) is 26.4 Å². The van der Waals surface area contributed by atoms with Crippen molar-refractivity contribution in [3.05, 3.63) is 68.2 Å². The van der Waals surface area contributed by atoms with E-state index < -0.39 is 4.92 Å². The topological polar surface area (TPSA) is 72.2 Å². The molecule has 0 unspecified atom stereocenters. The standard InChI is InChI=1S/C16H14Cl2N2O3S/c1-10(11-4-2-5-12(8-11)20(22)23)24-9-15(21)19-16-13(17)6-3-7-14(16)18/h2-8,10H,9H2,1H3,(H,19,21)/t10-/m1/s1. The second kappa shape index (κ2) is 8.37. The third-order valence-electron chi connectivity index (χ3n) is 3.24. The molecule has 0 aliphatic rings. The summed E-state index contributed by atoms with van der Waals surface area (Å²) in [6.07, 6.45) is 0. The van der Waals surface area contributed by atoms with E-state index in [0.717, 1.165) is 5.56 Å². The number of hydrogen-bond acceptors (Lipinski definition) is 4. The molecule has 0 fully saturated rings. The van der Waals surface area contributed by atoms with Gasteiger partial charge in [-0.2, -0.15) is 0 Å². The first-order valence-corrected chi connectivity index (χ1v) is 8.78. The number of non-ortho nitro benzene ring substituents is 1. The fourth-order valence-electron chi connectivity index (χ4n) is 1.98. The van der Waals surface area contributed by atoms with Gasteiger partial charge in [-0.25, -0.2) is 0 Å². The number of nitrogens with one attached hydrogen (secondary N) is 1. The number of para-hydroxylation sites is 1. The highest BCUT2D eigenvalue weighted by molar-refractivity contribution is 8.00. The van der Waals surface area contributed by atoms with Gasteiger partial charge in [0.1, 0.15) is 0 Å². The number of thioether (sulfide) groups is 1. The summed E-state index contributed by atoms with van der Waals surface area (Å²) in [7, 11) is 0. The largest absolute Gasteiger partial charge is 0.323 e. The van der Waals surface area contributed by atoms with Gasteiger partial charge in [0.15, 0.2) is 0 Å². The first kappa shape index (κ1) is 18.6. The van der Waals surface area contributed by atoms with Crippen molar-refractivity contribution in [1.29, 1.82) is 0 Å². The summed E-state index contributed by atoms with van der Waals surface area (Å²) in [5, 5.41) is 14.2. The van der Waals surface area contributed by atoms with Gasteiger partial charge in [0.25, 0.3) is 5.69 Å². The van der Waals surface area contributed by atoms with Crippen LogP contribution in [0.1, 0.15) is 17.7 Å². The van der Waals surface area contributed by atoms with Crippen LogP contribution in [0.2, 0.25) is 10.0 Å². The number of nitro benzene ring substituents is 1. The average Bonchev–Trinajstić information content (AvgIpc) is 2.56. The summed E-state index contributed by atoms with van der Waals surface area (Å²) < 4.78 is 0. The summed E-state index contributed by atoms with van der Waals surface area (Å²) >= 11 is 13.4. The Balaban J connectivity index is 1.96. The van der Waals surface area contributed by atoms with Gasteiger partial charge < -0.3 is 5.32 Å². The minimum atomic E-state index is -0.438. The highest BCUT2D eigenvalue weighted by atomic mass is 35.5. The van der Waals surface area contributed by atoms with E-state index in [2.05, 4.69) is 5.32 Å². The van der Waals surface area contributed by atoms with Crippen molar-refractivity contribution in [1.82, 2.24) is 0 Å². The molecule has 0 spiro atoms. The van der Waals surface area contributed by atoms with Crippen molar-refractivity contribution in [2.45, 2.75) is 12.2 Å². The van der Waals surface area contributed by atoms with E-state index in [4.69, 9.17) is 23.2 Å². The highest BCUT2D eigenvalue weighted by Gasteiger charge is 2.14. The van der Waals surface area contributed by atoms with E-state index in [1.54, 1.807) is 30.3 Å². The van der Waals surface area contributed by atoms with E-state index in [0.29, 0.717) is 15.7 Å². The quantitative estimate of drug-likeness (QED) is 0.539. The van der Waals surface area contributed by atoms with E-state index in [9.17, 15) is 14.9 Å². The molecular weight excluding hydrogens is 371 g/mol.